The maximum absolute atomic E-state index is 5.99. The summed E-state index contributed by atoms with van der Waals surface area (Å²) in [5.74, 6) is 2.70. The molecule has 0 spiro atoms. The van der Waals surface area contributed by atoms with Crippen LogP contribution in [0.5, 0.6) is 0 Å². The Morgan fingerprint density at radius 2 is 1.94 bits per heavy atom. The molecule has 0 amide bonds. The second-order valence-corrected chi connectivity index (χ2v) is 7.63. The molecule has 0 saturated heterocycles. The van der Waals surface area contributed by atoms with Crippen LogP contribution < -0.4 is 5.73 Å². The van der Waals surface area contributed by atoms with Gasteiger partial charge in [0.1, 0.15) is 5.82 Å². The molecule has 2 unspecified atom stereocenters. The van der Waals surface area contributed by atoms with E-state index >= 15 is 0 Å². The maximum Gasteiger partial charge on any atom is 0.121 e. The number of nitrogens with two attached hydrogens (primary N) is 1. The molecular formula is C15H23N3. The largest absolute Gasteiger partial charge is 0.384 e. The molecule has 1 aromatic heterocycles. The van der Waals surface area contributed by atoms with Gasteiger partial charge in [0.25, 0.3) is 0 Å². The van der Waals surface area contributed by atoms with Gasteiger partial charge < -0.3 is 5.73 Å². The third kappa shape index (κ3) is 1.33. The van der Waals surface area contributed by atoms with Crippen molar-refractivity contribution in [2.75, 3.05) is 5.73 Å². The van der Waals surface area contributed by atoms with Crippen LogP contribution in [-0.4, -0.2) is 9.78 Å². The van der Waals surface area contributed by atoms with E-state index in [1.165, 1.54) is 44.2 Å². The summed E-state index contributed by atoms with van der Waals surface area (Å²) >= 11 is 0. The van der Waals surface area contributed by atoms with Gasteiger partial charge >= 0.3 is 0 Å². The molecule has 1 heterocycles. The van der Waals surface area contributed by atoms with Gasteiger partial charge in [0.05, 0.1) is 5.69 Å². The number of aromatic nitrogens is 2. The first-order valence-corrected chi connectivity index (χ1v) is 7.28. The van der Waals surface area contributed by atoms with Gasteiger partial charge in [-0.2, -0.15) is 5.10 Å². The van der Waals surface area contributed by atoms with Gasteiger partial charge in [0, 0.05) is 18.5 Å². The Kier molecular flexibility index (Phi) is 1.89. The standard InChI is InChI=1S/C15H23N3/c1-14-5-10-3-11(6-14)8-15(7-10,9-14)12-4-13(16)18(2)17-12/h4,10-11H,3,5-9,16H2,1-2H3. The van der Waals surface area contributed by atoms with Gasteiger partial charge in [-0.15, -0.1) is 0 Å². The van der Waals surface area contributed by atoms with Gasteiger partial charge in [-0.05, 0) is 55.8 Å². The van der Waals surface area contributed by atoms with Crippen LogP contribution in [0.15, 0.2) is 6.07 Å². The molecular weight excluding hydrogens is 222 g/mol. The van der Waals surface area contributed by atoms with E-state index in [1.807, 2.05) is 11.7 Å². The summed E-state index contributed by atoms with van der Waals surface area (Å²) in [6.07, 6.45) is 8.43. The summed E-state index contributed by atoms with van der Waals surface area (Å²) in [4.78, 5) is 0. The van der Waals surface area contributed by atoms with E-state index in [4.69, 9.17) is 10.8 Å². The zero-order valence-electron chi connectivity index (χ0n) is 11.4. The minimum absolute atomic E-state index is 0.355. The molecule has 4 aliphatic rings. The molecule has 2 N–H and O–H groups in total. The number of nitrogens with zero attached hydrogens (tertiary/aromatic N) is 2. The molecule has 98 valence electrons. The topological polar surface area (TPSA) is 43.8 Å². The second-order valence-electron chi connectivity index (χ2n) is 7.63. The predicted molar refractivity (Wildman–Crippen MR) is 72.1 cm³/mol. The quantitative estimate of drug-likeness (QED) is 0.826. The van der Waals surface area contributed by atoms with Crippen LogP contribution in [0.1, 0.15) is 51.1 Å². The minimum atomic E-state index is 0.355. The predicted octanol–water partition coefficient (Wildman–Crippen LogP) is 2.86. The summed E-state index contributed by atoms with van der Waals surface area (Å²) in [6.45, 7) is 2.51. The molecule has 3 heteroatoms. The summed E-state index contributed by atoms with van der Waals surface area (Å²) in [6, 6.07) is 2.14. The second kappa shape index (κ2) is 3.12. The molecule has 0 aliphatic heterocycles. The van der Waals surface area contributed by atoms with Crippen LogP contribution in [0.2, 0.25) is 0 Å². The number of hydrogen-bond donors (Lipinski definition) is 1. The molecule has 18 heavy (non-hydrogen) atoms. The third-order valence-corrected chi connectivity index (χ3v) is 5.81. The molecule has 4 fully saturated rings. The first-order valence-electron chi connectivity index (χ1n) is 7.28. The Morgan fingerprint density at radius 1 is 1.28 bits per heavy atom. The summed E-state index contributed by atoms with van der Waals surface area (Å²) in [5, 5.41) is 4.72. The highest BCUT2D eigenvalue weighted by Gasteiger charge is 2.57. The fourth-order valence-corrected chi connectivity index (χ4v) is 5.76. The maximum atomic E-state index is 5.99. The van der Waals surface area contributed by atoms with E-state index in [1.54, 1.807) is 0 Å². The van der Waals surface area contributed by atoms with Gasteiger partial charge in [-0.1, -0.05) is 6.92 Å². The van der Waals surface area contributed by atoms with E-state index < -0.39 is 0 Å². The summed E-state index contributed by atoms with van der Waals surface area (Å²) < 4.78 is 1.84. The number of anilines is 1. The smallest absolute Gasteiger partial charge is 0.121 e. The van der Waals surface area contributed by atoms with Gasteiger partial charge in [0.15, 0.2) is 0 Å². The van der Waals surface area contributed by atoms with E-state index in [-0.39, 0.29) is 0 Å². The van der Waals surface area contributed by atoms with Crippen molar-refractivity contribution < 1.29 is 0 Å². The van der Waals surface area contributed by atoms with Crippen LogP contribution in [-0.2, 0) is 12.5 Å². The third-order valence-electron chi connectivity index (χ3n) is 5.81. The summed E-state index contributed by atoms with van der Waals surface area (Å²) in [7, 11) is 1.96. The lowest BCUT2D eigenvalue weighted by atomic mass is 9.44. The molecule has 4 saturated carbocycles. The van der Waals surface area contributed by atoms with Crippen molar-refractivity contribution >= 4 is 5.82 Å². The van der Waals surface area contributed by atoms with E-state index in [2.05, 4.69) is 13.0 Å². The monoisotopic (exact) mass is 245 g/mol. The van der Waals surface area contributed by atoms with Crippen molar-refractivity contribution in [1.29, 1.82) is 0 Å². The molecule has 4 bridgehead atoms. The first-order chi connectivity index (χ1) is 8.48. The van der Waals surface area contributed by atoms with Gasteiger partial charge in [-0.3, -0.25) is 4.68 Å². The van der Waals surface area contributed by atoms with Crippen molar-refractivity contribution in [3.63, 3.8) is 0 Å². The SMILES string of the molecule is Cn1nc(C23CC4CC(CC(C)(C4)C2)C3)cc1N. The highest BCUT2D eigenvalue weighted by Crippen LogP contribution is 2.65. The lowest BCUT2D eigenvalue weighted by Gasteiger charge is -2.60. The zero-order chi connectivity index (χ0) is 12.5. The lowest BCUT2D eigenvalue weighted by molar-refractivity contribution is -0.0633. The van der Waals surface area contributed by atoms with Gasteiger partial charge in [-0.25, -0.2) is 0 Å². The molecule has 5 rings (SSSR count). The van der Waals surface area contributed by atoms with Crippen molar-refractivity contribution in [3.05, 3.63) is 11.8 Å². The molecule has 4 aliphatic carbocycles. The fourth-order valence-electron chi connectivity index (χ4n) is 5.76. The minimum Gasteiger partial charge on any atom is -0.384 e. The molecule has 1 aromatic rings. The summed E-state index contributed by atoms with van der Waals surface area (Å²) in [5.41, 5.74) is 8.21. The zero-order valence-corrected chi connectivity index (χ0v) is 11.4. The van der Waals surface area contributed by atoms with Crippen molar-refractivity contribution in [3.8, 4) is 0 Å². The van der Waals surface area contributed by atoms with E-state index in [9.17, 15) is 0 Å². The first kappa shape index (κ1) is 10.9. The number of rotatable bonds is 1. The molecule has 2 atom stereocenters. The fraction of sp³-hybridized carbons (Fsp3) is 0.800. The van der Waals surface area contributed by atoms with Crippen LogP contribution in [0.25, 0.3) is 0 Å². The Bertz CT molecular complexity index is 468. The Morgan fingerprint density at radius 3 is 2.44 bits per heavy atom. The number of hydrogen-bond acceptors (Lipinski definition) is 2. The average molecular weight is 245 g/mol. The van der Waals surface area contributed by atoms with Crippen molar-refractivity contribution in [1.82, 2.24) is 9.78 Å². The highest BCUT2D eigenvalue weighted by atomic mass is 15.3. The molecule has 0 radical (unpaired) electrons. The van der Waals surface area contributed by atoms with Crippen molar-refractivity contribution in [2.45, 2.75) is 50.9 Å². The van der Waals surface area contributed by atoms with E-state index in [0.29, 0.717) is 10.8 Å². The van der Waals surface area contributed by atoms with Crippen LogP contribution >= 0.6 is 0 Å². The number of nitrogen functional groups attached to an aromatic ring is 1. The molecule has 3 nitrogen and oxygen atoms in total. The highest BCUT2D eigenvalue weighted by molar-refractivity contribution is 5.36. The molecule has 0 aromatic carbocycles. The Labute approximate surface area is 109 Å². The average Bonchev–Trinajstić information content (AvgIpc) is 2.56. The number of aryl methyl sites for hydroxylation is 1. The van der Waals surface area contributed by atoms with E-state index in [0.717, 1.165) is 17.7 Å². The normalized spacial score (nSPS) is 45.7. The Hall–Kier alpha value is -0.990. The van der Waals surface area contributed by atoms with Crippen molar-refractivity contribution in [2.24, 2.45) is 24.3 Å². The van der Waals surface area contributed by atoms with Gasteiger partial charge in [0.2, 0.25) is 0 Å². The van der Waals surface area contributed by atoms with Crippen LogP contribution in [0, 0.1) is 17.3 Å². The lowest BCUT2D eigenvalue weighted by Crippen LogP contribution is -2.53. The van der Waals surface area contributed by atoms with Crippen LogP contribution in [0.3, 0.4) is 0 Å². The Balaban J connectivity index is 1.79. The van der Waals surface area contributed by atoms with Crippen LogP contribution in [0.4, 0.5) is 5.82 Å².